The third-order valence-corrected chi connectivity index (χ3v) is 2.92. The largest absolute Gasteiger partial charge is 0.550 e. The number of methoxy groups -OCH3 is 2. The Kier molecular flexibility index (Phi) is 5.79. The number of carbonyl (C=O) groups excluding carboxylic acids is 1. The number of hydrogen-bond acceptors (Lipinski definition) is 5. The lowest BCUT2D eigenvalue weighted by atomic mass is 10.00. The zero-order valence-corrected chi connectivity index (χ0v) is 11.5. The van der Waals surface area contributed by atoms with Crippen molar-refractivity contribution in [3.05, 3.63) is 29.8 Å². The minimum atomic E-state index is -1.13. The van der Waals surface area contributed by atoms with E-state index in [0.29, 0.717) is 6.61 Å². The van der Waals surface area contributed by atoms with Crippen LogP contribution in [-0.2, 0) is 20.1 Å². The van der Waals surface area contributed by atoms with Gasteiger partial charge in [-0.15, -0.1) is 0 Å². The first-order chi connectivity index (χ1) is 9.07. The van der Waals surface area contributed by atoms with Crippen molar-refractivity contribution in [3.63, 3.8) is 0 Å². The van der Waals surface area contributed by atoms with Gasteiger partial charge in [-0.1, -0.05) is 0 Å². The fraction of sp³-hybridized carbons (Fsp3) is 0.500. The molecule has 0 bridgehead atoms. The number of benzene rings is 1. The summed E-state index contributed by atoms with van der Waals surface area (Å²) >= 11 is 0. The molecule has 0 N–H and O–H groups in total. The fourth-order valence-corrected chi connectivity index (χ4v) is 1.91. The van der Waals surface area contributed by atoms with Crippen LogP contribution in [0.15, 0.2) is 24.3 Å². The first kappa shape index (κ1) is 15.5. The highest BCUT2D eigenvalue weighted by atomic mass is 16.7. The molecule has 19 heavy (non-hydrogen) atoms. The normalized spacial score (nSPS) is 11.3. The Morgan fingerprint density at radius 1 is 1.21 bits per heavy atom. The highest BCUT2D eigenvalue weighted by molar-refractivity contribution is 5.64. The van der Waals surface area contributed by atoms with Crippen LogP contribution in [0.25, 0.3) is 0 Å². The SMILES string of the molecule is CCOc1ccc(C(CCC(=O)[O-])(OC)OC)cc1. The number of rotatable bonds is 8. The second kappa shape index (κ2) is 7.11. The van der Waals surface area contributed by atoms with Crippen LogP contribution >= 0.6 is 0 Å². The smallest absolute Gasteiger partial charge is 0.194 e. The molecular formula is C14H19O5-. The third-order valence-electron chi connectivity index (χ3n) is 2.92. The summed E-state index contributed by atoms with van der Waals surface area (Å²) in [6, 6.07) is 7.19. The Morgan fingerprint density at radius 2 is 1.79 bits per heavy atom. The van der Waals surface area contributed by atoms with Gasteiger partial charge in [-0.05, 0) is 37.6 Å². The molecule has 0 saturated carbocycles. The van der Waals surface area contributed by atoms with Gasteiger partial charge in [-0.25, -0.2) is 0 Å². The second-order valence-corrected chi connectivity index (χ2v) is 3.99. The van der Waals surface area contributed by atoms with E-state index in [1.807, 2.05) is 6.92 Å². The maximum Gasteiger partial charge on any atom is 0.194 e. The van der Waals surface area contributed by atoms with Gasteiger partial charge in [-0.3, -0.25) is 0 Å². The molecule has 1 aromatic rings. The highest BCUT2D eigenvalue weighted by Crippen LogP contribution is 2.32. The van der Waals surface area contributed by atoms with Crippen LogP contribution in [0.2, 0.25) is 0 Å². The summed E-state index contributed by atoms with van der Waals surface area (Å²) in [6.07, 6.45) is 0.0329. The van der Waals surface area contributed by atoms with Crippen molar-refractivity contribution >= 4 is 5.97 Å². The Bertz CT molecular complexity index is 395. The van der Waals surface area contributed by atoms with Crippen LogP contribution in [0.1, 0.15) is 25.3 Å². The van der Waals surface area contributed by atoms with Crippen LogP contribution in [-0.4, -0.2) is 26.8 Å². The highest BCUT2D eigenvalue weighted by Gasteiger charge is 2.31. The number of carboxylic acids is 1. The summed E-state index contributed by atoms with van der Waals surface area (Å²) in [5, 5.41) is 10.6. The first-order valence-electron chi connectivity index (χ1n) is 6.11. The molecule has 106 valence electrons. The lowest BCUT2D eigenvalue weighted by Crippen LogP contribution is -2.33. The molecule has 0 aliphatic carbocycles. The van der Waals surface area contributed by atoms with E-state index < -0.39 is 11.8 Å². The van der Waals surface area contributed by atoms with Gasteiger partial charge in [0.15, 0.2) is 5.79 Å². The predicted molar refractivity (Wildman–Crippen MR) is 67.5 cm³/mol. The average Bonchev–Trinajstić information content (AvgIpc) is 2.42. The molecular weight excluding hydrogens is 248 g/mol. The topological polar surface area (TPSA) is 67.8 Å². The van der Waals surface area contributed by atoms with E-state index in [1.54, 1.807) is 24.3 Å². The van der Waals surface area contributed by atoms with E-state index in [9.17, 15) is 9.90 Å². The minimum Gasteiger partial charge on any atom is -0.550 e. The number of carboxylic acid groups (broad SMARTS) is 1. The van der Waals surface area contributed by atoms with E-state index in [0.717, 1.165) is 11.3 Å². The Morgan fingerprint density at radius 3 is 2.21 bits per heavy atom. The molecule has 0 amide bonds. The molecule has 1 aromatic carbocycles. The molecule has 5 heteroatoms. The maximum atomic E-state index is 10.6. The van der Waals surface area contributed by atoms with Gasteiger partial charge < -0.3 is 24.1 Å². The number of ether oxygens (including phenoxy) is 3. The molecule has 0 aliphatic heterocycles. The summed E-state index contributed by atoms with van der Waals surface area (Å²) < 4.78 is 16.1. The fourth-order valence-electron chi connectivity index (χ4n) is 1.91. The lowest BCUT2D eigenvalue weighted by molar-refractivity contribution is -0.309. The summed E-state index contributed by atoms with van der Waals surface area (Å²) in [5.74, 6) is -1.47. The molecule has 0 aliphatic rings. The van der Waals surface area contributed by atoms with Crippen molar-refractivity contribution in [1.82, 2.24) is 0 Å². The standard InChI is InChI=1S/C14H20O5/c1-4-19-12-7-5-11(6-8-12)14(17-2,18-3)10-9-13(15)16/h5-8H,4,9-10H2,1-3H3,(H,15,16)/p-1. The van der Waals surface area contributed by atoms with Gasteiger partial charge in [0.2, 0.25) is 0 Å². The number of aliphatic carboxylic acids is 1. The van der Waals surface area contributed by atoms with Crippen LogP contribution in [0.4, 0.5) is 0 Å². The predicted octanol–water partition coefficient (Wildman–Crippen LogP) is 1.06. The first-order valence-corrected chi connectivity index (χ1v) is 6.11. The molecule has 1 rings (SSSR count). The van der Waals surface area contributed by atoms with Crippen molar-refractivity contribution in [2.75, 3.05) is 20.8 Å². The van der Waals surface area contributed by atoms with Crippen LogP contribution in [0.5, 0.6) is 5.75 Å². The van der Waals surface area contributed by atoms with Gasteiger partial charge in [0.25, 0.3) is 0 Å². The summed E-state index contributed by atoms with van der Waals surface area (Å²) in [5.41, 5.74) is 0.738. The van der Waals surface area contributed by atoms with E-state index in [4.69, 9.17) is 14.2 Å². The summed E-state index contributed by atoms with van der Waals surface area (Å²) in [4.78, 5) is 10.6. The molecule has 0 heterocycles. The summed E-state index contributed by atoms with van der Waals surface area (Å²) in [7, 11) is 2.96. The van der Waals surface area contributed by atoms with Gasteiger partial charge >= 0.3 is 0 Å². The Balaban J connectivity index is 2.93. The Hall–Kier alpha value is -1.59. The molecule has 0 aromatic heterocycles. The monoisotopic (exact) mass is 267 g/mol. The summed E-state index contributed by atoms with van der Waals surface area (Å²) in [6.45, 7) is 2.49. The van der Waals surface area contributed by atoms with Crippen LogP contribution in [0.3, 0.4) is 0 Å². The second-order valence-electron chi connectivity index (χ2n) is 3.99. The van der Waals surface area contributed by atoms with Crippen molar-refractivity contribution in [2.24, 2.45) is 0 Å². The van der Waals surface area contributed by atoms with E-state index >= 15 is 0 Å². The third kappa shape index (κ3) is 3.94. The van der Waals surface area contributed by atoms with Crippen molar-refractivity contribution in [2.45, 2.75) is 25.6 Å². The minimum absolute atomic E-state index is 0.144. The number of hydrogen-bond donors (Lipinski definition) is 0. The van der Waals surface area contributed by atoms with Gasteiger partial charge in [0, 0.05) is 32.2 Å². The molecule has 5 nitrogen and oxygen atoms in total. The molecule has 0 unspecified atom stereocenters. The van der Waals surface area contributed by atoms with E-state index in [-0.39, 0.29) is 12.8 Å². The molecule has 0 saturated heterocycles. The molecule has 0 atom stereocenters. The zero-order valence-electron chi connectivity index (χ0n) is 11.5. The molecule has 0 radical (unpaired) electrons. The maximum absolute atomic E-state index is 10.6. The zero-order chi connectivity index (χ0) is 14.3. The van der Waals surface area contributed by atoms with Gasteiger partial charge in [0.1, 0.15) is 5.75 Å². The van der Waals surface area contributed by atoms with Gasteiger partial charge in [-0.2, -0.15) is 0 Å². The van der Waals surface area contributed by atoms with Crippen molar-refractivity contribution in [1.29, 1.82) is 0 Å². The van der Waals surface area contributed by atoms with E-state index in [2.05, 4.69) is 0 Å². The van der Waals surface area contributed by atoms with Crippen molar-refractivity contribution < 1.29 is 24.1 Å². The Labute approximate surface area is 113 Å². The van der Waals surface area contributed by atoms with Crippen molar-refractivity contribution in [3.8, 4) is 5.75 Å². The lowest BCUT2D eigenvalue weighted by Gasteiger charge is -2.31. The van der Waals surface area contributed by atoms with Crippen LogP contribution < -0.4 is 9.84 Å². The molecule has 0 fully saturated rings. The van der Waals surface area contributed by atoms with Crippen LogP contribution in [0, 0.1) is 0 Å². The number of carbonyl (C=O) groups is 1. The molecule has 0 spiro atoms. The van der Waals surface area contributed by atoms with E-state index in [1.165, 1.54) is 14.2 Å². The van der Waals surface area contributed by atoms with Gasteiger partial charge in [0.05, 0.1) is 6.61 Å². The average molecular weight is 267 g/mol. The quantitative estimate of drug-likeness (QED) is 0.659.